The summed E-state index contributed by atoms with van der Waals surface area (Å²) in [6, 6.07) is 4.10. The van der Waals surface area contributed by atoms with Crippen LogP contribution in [0.5, 0.6) is 0 Å². The van der Waals surface area contributed by atoms with Gasteiger partial charge >= 0.3 is 0 Å². The van der Waals surface area contributed by atoms with Gasteiger partial charge in [0.2, 0.25) is 5.91 Å². The van der Waals surface area contributed by atoms with Gasteiger partial charge in [0.25, 0.3) is 0 Å². The normalized spacial score (nSPS) is 21.9. The lowest BCUT2D eigenvalue weighted by atomic mass is 10.0. The molecular weight excluding hydrogens is 503 g/mol. The van der Waals surface area contributed by atoms with Crippen molar-refractivity contribution in [1.29, 1.82) is 0 Å². The van der Waals surface area contributed by atoms with Crippen LogP contribution in [0, 0.1) is 11.6 Å². The van der Waals surface area contributed by atoms with Gasteiger partial charge in [-0.2, -0.15) is 0 Å². The zero-order chi connectivity index (χ0) is 20.8. The number of rotatable bonds is 5. The van der Waals surface area contributed by atoms with Gasteiger partial charge < -0.3 is 20.4 Å². The monoisotopic (exact) mass is 535 g/mol. The number of hydrogen-bond donors (Lipinski definition) is 2. The Balaban J connectivity index is 0.00000320. The summed E-state index contributed by atoms with van der Waals surface area (Å²) in [6.07, 6.45) is 4.61. The number of carbonyl (C=O) groups is 1. The van der Waals surface area contributed by atoms with Crippen LogP contribution in [-0.4, -0.2) is 62.1 Å². The summed E-state index contributed by atoms with van der Waals surface area (Å²) < 4.78 is 27.1. The molecule has 0 saturated carbocycles. The maximum atomic E-state index is 14.0. The van der Waals surface area contributed by atoms with Crippen molar-refractivity contribution in [3.63, 3.8) is 0 Å². The number of nitrogens with one attached hydrogen (secondary N) is 2. The molecule has 1 aromatic carbocycles. The van der Waals surface area contributed by atoms with E-state index in [-0.39, 0.29) is 35.9 Å². The first-order chi connectivity index (χ1) is 14.0. The third kappa shape index (κ3) is 6.42. The van der Waals surface area contributed by atoms with Gasteiger partial charge in [0.15, 0.2) is 5.96 Å². The number of benzene rings is 1. The van der Waals surface area contributed by atoms with Crippen molar-refractivity contribution in [2.24, 2.45) is 4.99 Å². The minimum atomic E-state index is -0.571. The quantitative estimate of drug-likeness (QED) is 0.346. The summed E-state index contributed by atoms with van der Waals surface area (Å²) in [6.45, 7) is 4.77. The molecule has 0 aliphatic carbocycles. The van der Waals surface area contributed by atoms with Crippen molar-refractivity contribution in [2.75, 3.05) is 38.1 Å². The molecule has 0 aromatic heterocycles. The van der Waals surface area contributed by atoms with Crippen molar-refractivity contribution in [1.82, 2.24) is 15.5 Å². The molecule has 0 radical (unpaired) electrons. The largest absolute Gasteiger partial charge is 0.367 e. The van der Waals surface area contributed by atoms with E-state index in [1.807, 2.05) is 9.80 Å². The Bertz CT molecular complexity index is 748. The van der Waals surface area contributed by atoms with Crippen LogP contribution in [-0.2, 0) is 4.79 Å². The minimum absolute atomic E-state index is 0. The molecule has 2 aliphatic heterocycles. The highest BCUT2D eigenvalue weighted by atomic mass is 127. The molecule has 2 heterocycles. The van der Waals surface area contributed by atoms with Gasteiger partial charge in [-0.3, -0.25) is 9.79 Å². The van der Waals surface area contributed by atoms with Gasteiger partial charge in [-0.15, -0.1) is 24.0 Å². The number of guanidine groups is 1. The number of amides is 1. The highest BCUT2D eigenvalue weighted by Gasteiger charge is 2.26. The summed E-state index contributed by atoms with van der Waals surface area (Å²) in [5.74, 6) is -0.299. The summed E-state index contributed by atoms with van der Waals surface area (Å²) >= 11 is 0. The van der Waals surface area contributed by atoms with E-state index in [0.717, 1.165) is 31.9 Å². The SMILES string of the molecule is CN=C(NCCC(=O)N1CCCCC1C)NC1CCN(c2ccc(F)cc2F)C1.I. The lowest BCUT2D eigenvalue weighted by molar-refractivity contribution is -0.134. The molecule has 30 heavy (non-hydrogen) atoms. The van der Waals surface area contributed by atoms with Crippen LogP contribution in [0.1, 0.15) is 39.0 Å². The molecule has 2 atom stereocenters. The Hall–Kier alpha value is -1.65. The van der Waals surface area contributed by atoms with Gasteiger partial charge in [0.05, 0.1) is 5.69 Å². The highest BCUT2D eigenvalue weighted by molar-refractivity contribution is 14.0. The van der Waals surface area contributed by atoms with Crippen LogP contribution in [0.25, 0.3) is 0 Å². The molecule has 3 rings (SSSR count). The molecule has 1 aromatic rings. The number of piperidine rings is 1. The molecule has 2 unspecified atom stereocenters. The third-order valence-corrected chi connectivity index (χ3v) is 5.76. The number of anilines is 1. The van der Waals surface area contributed by atoms with Crippen molar-refractivity contribution < 1.29 is 13.6 Å². The van der Waals surface area contributed by atoms with Crippen molar-refractivity contribution in [3.05, 3.63) is 29.8 Å². The summed E-state index contributed by atoms with van der Waals surface area (Å²) in [5, 5.41) is 6.54. The molecule has 2 N–H and O–H groups in total. The third-order valence-electron chi connectivity index (χ3n) is 5.76. The Morgan fingerprint density at radius 1 is 1.23 bits per heavy atom. The number of aliphatic imine (C=N–C) groups is 1. The van der Waals surface area contributed by atoms with E-state index in [1.54, 1.807) is 7.05 Å². The standard InChI is InChI=1S/C21H31F2N5O.HI/c1-15-5-3-4-11-28(15)20(29)8-10-25-21(24-2)26-17-9-12-27(14-17)19-7-6-16(22)13-18(19)23;/h6-7,13,15,17H,3-5,8-12,14H2,1-2H3,(H2,24,25,26);1H. The summed E-state index contributed by atoms with van der Waals surface area (Å²) in [5.41, 5.74) is 0.417. The predicted octanol–water partition coefficient (Wildman–Crippen LogP) is 3.12. The van der Waals surface area contributed by atoms with Crippen molar-refractivity contribution in [2.45, 2.75) is 51.1 Å². The average Bonchev–Trinajstić information content (AvgIpc) is 3.15. The topological polar surface area (TPSA) is 60.0 Å². The van der Waals surface area contributed by atoms with Crippen molar-refractivity contribution >= 4 is 41.5 Å². The smallest absolute Gasteiger partial charge is 0.224 e. The maximum Gasteiger partial charge on any atom is 0.224 e. The molecule has 0 bridgehead atoms. The van der Waals surface area contributed by atoms with E-state index >= 15 is 0 Å². The molecule has 2 aliphatic rings. The molecule has 1 amide bonds. The van der Waals surface area contributed by atoms with Crippen LogP contribution >= 0.6 is 24.0 Å². The minimum Gasteiger partial charge on any atom is -0.367 e. The van der Waals surface area contributed by atoms with Crippen LogP contribution in [0.3, 0.4) is 0 Å². The second kappa shape index (κ2) is 11.7. The fourth-order valence-corrected chi connectivity index (χ4v) is 4.12. The number of carbonyl (C=O) groups excluding carboxylic acids is 1. The number of nitrogens with zero attached hydrogens (tertiary/aromatic N) is 3. The predicted molar refractivity (Wildman–Crippen MR) is 127 cm³/mol. The first-order valence-electron chi connectivity index (χ1n) is 10.4. The average molecular weight is 535 g/mol. The van der Waals surface area contributed by atoms with Gasteiger partial charge in [-0.1, -0.05) is 0 Å². The Morgan fingerprint density at radius 2 is 2.03 bits per heavy atom. The van der Waals surface area contributed by atoms with Crippen molar-refractivity contribution in [3.8, 4) is 0 Å². The van der Waals surface area contributed by atoms with E-state index in [4.69, 9.17) is 0 Å². The number of hydrogen-bond acceptors (Lipinski definition) is 3. The Morgan fingerprint density at radius 3 is 2.73 bits per heavy atom. The lowest BCUT2D eigenvalue weighted by Crippen LogP contribution is -2.46. The molecule has 6 nitrogen and oxygen atoms in total. The van der Waals surface area contributed by atoms with E-state index in [9.17, 15) is 13.6 Å². The molecule has 2 saturated heterocycles. The molecule has 2 fully saturated rings. The van der Waals surface area contributed by atoms with Gasteiger partial charge in [0.1, 0.15) is 11.6 Å². The first-order valence-corrected chi connectivity index (χ1v) is 10.4. The summed E-state index contributed by atoms with van der Waals surface area (Å²) in [7, 11) is 1.69. The van der Waals surface area contributed by atoms with E-state index in [0.29, 0.717) is 43.7 Å². The molecule has 9 heteroatoms. The number of halogens is 3. The second-order valence-electron chi connectivity index (χ2n) is 7.85. The lowest BCUT2D eigenvalue weighted by Gasteiger charge is -2.33. The van der Waals surface area contributed by atoms with Crippen LogP contribution in [0.15, 0.2) is 23.2 Å². The van der Waals surface area contributed by atoms with Crippen LogP contribution in [0.2, 0.25) is 0 Å². The fourth-order valence-electron chi connectivity index (χ4n) is 4.12. The van der Waals surface area contributed by atoms with Crippen LogP contribution in [0.4, 0.5) is 14.5 Å². The first kappa shape index (κ1) is 24.6. The zero-order valence-electron chi connectivity index (χ0n) is 17.7. The summed E-state index contributed by atoms with van der Waals surface area (Å²) in [4.78, 5) is 20.5. The zero-order valence-corrected chi connectivity index (χ0v) is 20.0. The molecule has 0 spiro atoms. The highest BCUT2D eigenvalue weighted by Crippen LogP contribution is 2.24. The van der Waals surface area contributed by atoms with E-state index < -0.39 is 11.6 Å². The van der Waals surface area contributed by atoms with Gasteiger partial charge in [-0.25, -0.2) is 8.78 Å². The Kier molecular flexibility index (Phi) is 9.57. The maximum absolute atomic E-state index is 14.0. The van der Waals surface area contributed by atoms with Gasteiger partial charge in [0, 0.05) is 57.8 Å². The molecule has 168 valence electrons. The van der Waals surface area contributed by atoms with Crippen LogP contribution < -0.4 is 15.5 Å². The fraction of sp³-hybridized carbons (Fsp3) is 0.619. The van der Waals surface area contributed by atoms with Gasteiger partial charge in [-0.05, 0) is 44.7 Å². The second-order valence-corrected chi connectivity index (χ2v) is 7.85. The number of likely N-dealkylation sites (tertiary alicyclic amines) is 1. The van der Waals surface area contributed by atoms with E-state index in [2.05, 4.69) is 22.5 Å². The van der Waals surface area contributed by atoms with E-state index in [1.165, 1.54) is 18.6 Å². The molecular formula is C21H32F2IN5O. The Labute approximate surface area is 194 Å².